The first-order valence-corrected chi connectivity index (χ1v) is 26.1. The molecule has 0 fully saturated rings. The van der Waals surface area contributed by atoms with Crippen LogP contribution in [0.2, 0.25) is 19.6 Å². The summed E-state index contributed by atoms with van der Waals surface area (Å²) in [6.07, 6.45) is 26.4. The van der Waals surface area contributed by atoms with Gasteiger partial charge in [-0.05, 0) is 73.5 Å². The molecule has 0 N–H and O–H groups in total. The van der Waals surface area contributed by atoms with Crippen molar-refractivity contribution in [2.24, 2.45) is 0 Å². The van der Waals surface area contributed by atoms with Crippen LogP contribution in [0.1, 0.15) is 192 Å². The third-order valence-electron chi connectivity index (χ3n) is 9.81. The van der Waals surface area contributed by atoms with Crippen molar-refractivity contribution in [3.05, 3.63) is 101 Å². The average Bonchev–Trinajstić information content (AvgIpc) is 3.43. The molecule has 310 valence electrons. The standard InChI is InChI=1S/C39H56N2Si.2C6H13.Pd/c1-7-10-13-15-16-17-19-28-37-36(27-18-14-11-8-2)38(34-25-20-23-32(29-34)22-12-9-3)41(40)39(37)35-26-21-24-33(30-35)31-42(4,5)6;2*1-3-5-6-4-2;/h20-21,23-26,29-30H,7-18,22,27,31H2,1-6H3;2*1,3-6H2,2H3;/q;2*-1;+2. The minimum absolute atomic E-state index is 0. The molecule has 2 aromatic carbocycles. The first-order chi connectivity index (χ1) is 26.1. The Morgan fingerprint density at radius 2 is 1.07 bits per heavy atom. The van der Waals surface area contributed by atoms with Crippen molar-refractivity contribution in [1.82, 2.24) is 0 Å². The normalized spacial score (nSPS) is 12.4. The number of hydrogen-bond donors (Lipinski definition) is 0. The van der Waals surface area contributed by atoms with E-state index in [-0.39, 0.29) is 20.4 Å². The van der Waals surface area contributed by atoms with Crippen LogP contribution in [0, 0.1) is 25.7 Å². The predicted octanol–water partition coefficient (Wildman–Crippen LogP) is 16.8. The van der Waals surface area contributed by atoms with Gasteiger partial charge in [0, 0.05) is 31.2 Å². The SMILES string of the molecule is CCCCCCCC#CC1=C(c2cccc(C[Si](C)(C)C)c2)[N+](=[N-])C(c2cccc(CCCC)c2)=C1CCCCCC.[CH2-]CCCCC.[CH2-]CCCCC.[Pd+2]. The van der Waals surface area contributed by atoms with E-state index in [9.17, 15) is 5.53 Å². The maximum Gasteiger partial charge on any atom is 2.00 e. The van der Waals surface area contributed by atoms with Crippen LogP contribution < -0.4 is 0 Å². The summed E-state index contributed by atoms with van der Waals surface area (Å²) in [5.74, 6) is 7.18. The summed E-state index contributed by atoms with van der Waals surface area (Å²) in [6, 6.07) is 18.9. The number of benzene rings is 2. The van der Waals surface area contributed by atoms with Gasteiger partial charge in [-0.1, -0.05) is 180 Å². The van der Waals surface area contributed by atoms with Gasteiger partial charge in [0.25, 0.3) is 0 Å². The van der Waals surface area contributed by atoms with Gasteiger partial charge < -0.3 is 19.4 Å². The summed E-state index contributed by atoms with van der Waals surface area (Å²) in [5.41, 5.74) is 21.0. The van der Waals surface area contributed by atoms with Gasteiger partial charge in [-0.3, -0.25) is 0 Å². The zero-order valence-corrected chi connectivity index (χ0v) is 39.6. The number of nitrogens with zero attached hydrogens (tertiary/aromatic N) is 2. The third kappa shape index (κ3) is 22.5. The molecule has 2 nitrogen and oxygen atoms in total. The van der Waals surface area contributed by atoms with E-state index in [2.05, 4.69) is 128 Å². The van der Waals surface area contributed by atoms with Crippen LogP contribution in [-0.4, -0.2) is 12.8 Å². The Morgan fingerprint density at radius 3 is 1.60 bits per heavy atom. The van der Waals surface area contributed by atoms with Crippen molar-refractivity contribution < 1.29 is 25.1 Å². The average molecular weight is 858 g/mol. The van der Waals surface area contributed by atoms with Gasteiger partial charge in [-0.2, -0.15) is 12.8 Å². The molecule has 0 saturated carbocycles. The van der Waals surface area contributed by atoms with Crippen LogP contribution in [-0.2, 0) is 32.9 Å². The molecule has 2 aromatic rings. The second-order valence-electron chi connectivity index (χ2n) is 16.5. The topological polar surface area (TPSA) is 25.3 Å². The van der Waals surface area contributed by atoms with Gasteiger partial charge in [0.1, 0.15) is 5.57 Å². The molecule has 55 heavy (non-hydrogen) atoms. The molecule has 0 atom stereocenters. The molecule has 0 spiro atoms. The van der Waals surface area contributed by atoms with Gasteiger partial charge in [-0.25, -0.2) is 4.70 Å². The van der Waals surface area contributed by atoms with Crippen LogP contribution >= 0.6 is 0 Å². The summed E-state index contributed by atoms with van der Waals surface area (Å²) >= 11 is 0. The van der Waals surface area contributed by atoms with E-state index in [4.69, 9.17) is 0 Å². The Kier molecular flexibility index (Phi) is 31.8. The van der Waals surface area contributed by atoms with Crippen molar-refractivity contribution in [1.29, 1.82) is 0 Å². The van der Waals surface area contributed by atoms with E-state index < -0.39 is 8.07 Å². The minimum Gasteiger partial charge on any atom is -0.493 e. The summed E-state index contributed by atoms with van der Waals surface area (Å²) < 4.78 is 1.49. The number of aryl methyl sites for hydroxylation is 1. The number of allylic oxidation sites excluding steroid dienone is 2. The van der Waals surface area contributed by atoms with Gasteiger partial charge >= 0.3 is 20.4 Å². The maximum atomic E-state index is 12.0. The van der Waals surface area contributed by atoms with E-state index in [1.165, 1.54) is 118 Å². The Morgan fingerprint density at radius 1 is 0.582 bits per heavy atom. The smallest absolute Gasteiger partial charge is 0.493 e. The zero-order valence-electron chi connectivity index (χ0n) is 37.0. The van der Waals surface area contributed by atoms with Crippen LogP contribution in [0.3, 0.4) is 0 Å². The fourth-order valence-electron chi connectivity index (χ4n) is 6.79. The van der Waals surface area contributed by atoms with Crippen molar-refractivity contribution in [2.45, 2.75) is 202 Å². The second kappa shape index (κ2) is 33.0. The van der Waals surface area contributed by atoms with Gasteiger partial charge in [0.15, 0.2) is 0 Å². The molecule has 3 rings (SSSR count). The van der Waals surface area contributed by atoms with Crippen LogP contribution in [0.15, 0.2) is 59.7 Å². The second-order valence-corrected chi connectivity index (χ2v) is 22.0. The molecular weight excluding hydrogens is 775 g/mol. The van der Waals surface area contributed by atoms with E-state index in [1.54, 1.807) is 0 Å². The Hall–Kier alpha value is -2.04. The molecular formula is C51H82N2PdSi. The van der Waals surface area contributed by atoms with Crippen LogP contribution in [0.25, 0.3) is 16.9 Å². The zero-order chi connectivity index (χ0) is 40.0. The number of unbranched alkanes of at least 4 members (excludes halogenated alkanes) is 15. The van der Waals surface area contributed by atoms with Crippen molar-refractivity contribution in [2.75, 3.05) is 0 Å². The van der Waals surface area contributed by atoms with Gasteiger partial charge in [-0.15, -0.1) is 0 Å². The predicted molar refractivity (Wildman–Crippen MR) is 245 cm³/mol. The number of rotatable bonds is 23. The molecule has 1 aliphatic heterocycles. The minimum atomic E-state index is -1.29. The van der Waals surface area contributed by atoms with Gasteiger partial charge in [0.2, 0.25) is 11.4 Å². The fourth-order valence-corrected chi connectivity index (χ4v) is 8.24. The molecule has 0 aliphatic carbocycles. The summed E-state index contributed by atoms with van der Waals surface area (Å²) in [7, 11) is -1.29. The molecule has 0 radical (unpaired) electrons. The number of hydrogen-bond acceptors (Lipinski definition) is 0. The van der Waals surface area contributed by atoms with E-state index in [1.807, 2.05) is 0 Å². The fraction of sp³-hybridized carbons (Fsp3) is 0.608. The van der Waals surface area contributed by atoms with E-state index >= 15 is 0 Å². The molecule has 1 heterocycles. The first-order valence-electron chi connectivity index (χ1n) is 22.3. The van der Waals surface area contributed by atoms with Crippen LogP contribution in [0.4, 0.5) is 0 Å². The first kappa shape index (κ1) is 53.0. The van der Waals surface area contributed by atoms with Crippen molar-refractivity contribution in [3.8, 4) is 11.8 Å². The van der Waals surface area contributed by atoms with Gasteiger partial charge in [0.05, 0.1) is 0 Å². The third-order valence-corrected chi connectivity index (χ3v) is 11.3. The van der Waals surface area contributed by atoms with Crippen LogP contribution in [0.5, 0.6) is 0 Å². The van der Waals surface area contributed by atoms with Crippen molar-refractivity contribution >= 4 is 19.5 Å². The Balaban J connectivity index is 0.00000194. The molecule has 0 amide bonds. The summed E-state index contributed by atoms with van der Waals surface area (Å²) in [5, 5.41) is 0. The Bertz CT molecular complexity index is 1420. The largest absolute Gasteiger partial charge is 2.00 e. The maximum absolute atomic E-state index is 12.0. The summed E-state index contributed by atoms with van der Waals surface area (Å²) in [4.78, 5) is 0. The van der Waals surface area contributed by atoms with E-state index in [0.717, 1.165) is 79.1 Å². The van der Waals surface area contributed by atoms with E-state index in [0.29, 0.717) is 0 Å². The molecule has 4 heteroatoms. The van der Waals surface area contributed by atoms with Crippen molar-refractivity contribution in [3.63, 3.8) is 0 Å². The molecule has 0 saturated heterocycles. The Labute approximate surface area is 357 Å². The molecule has 0 aromatic heterocycles. The molecule has 0 bridgehead atoms. The molecule has 1 aliphatic rings. The quantitative estimate of drug-likeness (QED) is 0.0350. The monoisotopic (exact) mass is 857 g/mol. The summed E-state index contributed by atoms with van der Waals surface area (Å²) in [6.45, 7) is 25.9. The molecule has 0 unspecified atom stereocenters.